The minimum Gasteiger partial charge on any atom is -0.357 e. The van der Waals surface area contributed by atoms with Crippen LogP contribution >= 0.6 is 23.2 Å². The lowest BCUT2D eigenvalue weighted by molar-refractivity contribution is -0.384. The number of benzene rings is 4. The summed E-state index contributed by atoms with van der Waals surface area (Å²) < 4.78 is 28.7. The molecule has 2 amide bonds. The Bertz CT molecular complexity index is 1760. The molecular weight excluding hydrogens is 627 g/mol. The SMILES string of the molecule is CNC(=O)[C@H](Cc1ccccc1)N(Cc1ccc(Cl)cc1Cl)C(=O)CN(c1cccc([N+](=O)[O-])c1)S(=O)(=O)c1ccccc1. The van der Waals surface area contributed by atoms with Crippen molar-refractivity contribution < 1.29 is 22.9 Å². The largest absolute Gasteiger partial charge is 0.357 e. The van der Waals surface area contributed by atoms with Gasteiger partial charge in [-0.25, -0.2) is 8.42 Å². The molecule has 0 fully saturated rings. The Morgan fingerprint density at radius 2 is 1.57 bits per heavy atom. The van der Waals surface area contributed by atoms with Gasteiger partial charge in [-0.1, -0.05) is 83.9 Å². The molecule has 10 nitrogen and oxygen atoms in total. The van der Waals surface area contributed by atoms with Crippen molar-refractivity contribution in [1.29, 1.82) is 0 Å². The second kappa shape index (κ2) is 14.3. The fourth-order valence-corrected chi connectivity index (χ4v) is 6.46. The number of nitro groups is 1. The van der Waals surface area contributed by atoms with E-state index in [2.05, 4.69) is 5.32 Å². The van der Waals surface area contributed by atoms with E-state index in [1.165, 1.54) is 60.5 Å². The van der Waals surface area contributed by atoms with E-state index in [4.69, 9.17) is 23.2 Å². The fraction of sp³-hybridized carbons (Fsp3) is 0.161. The molecule has 4 aromatic carbocycles. The molecular formula is C31H28Cl2N4O6S. The molecule has 13 heteroatoms. The number of carbonyl (C=O) groups excluding carboxylic acids is 2. The van der Waals surface area contributed by atoms with Crippen LogP contribution in [0.3, 0.4) is 0 Å². The Balaban J connectivity index is 1.83. The van der Waals surface area contributed by atoms with Gasteiger partial charge in [0.2, 0.25) is 11.8 Å². The Labute approximate surface area is 265 Å². The lowest BCUT2D eigenvalue weighted by atomic mass is 10.0. The van der Waals surface area contributed by atoms with Crippen molar-refractivity contribution in [2.24, 2.45) is 0 Å². The number of halogens is 2. The lowest BCUT2D eigenvalue weighted by Crippen LogP contribution is -2.53. The van der Waals surface area contributed by atoms with Crippen molar-refractivity contribution in [3.8, 4) is 0 Å². The van der Waals surface area contributed by atoms with Crippen LogP contribution in [0.2, 0.25) is 10.0 Å². The molecule has 0 heterocycles. The van der Waals surface area contributed by atoms with Gasteiger partial charge in [-0.05, 0) is 41.5 Å². The van der Waals surface area contributed by atoms with Crippen molar-refractivity contribution in [2.75, 3.05) is 17.9 Å². The standard InChI is InChI=1S/C31H28Cl2N4O6S/c1-34-31(39)29(17-22-9-4-2-5-10-22)35(20-23-15-16-24(32)18-28(23)33)30(38)21-36(25-11-8-12-26(19-25)37(40)41)44(42,43)27-13-6-3-7-14-27/h2-16,18-19,29H,17,20-21H2,1H3,(H,34,39)/t29-/m0/s1. The van der Waals surface area contributed by atoms with Crippen LogP contribution < -0.4 is 9.62 Å². The number of hydrogen-bond donors (Lipinski definition) is 1. The summed E-state index contributed by atoms with van der Waals surface area (Å²) >= 11 is 12.6. The molecule has 0 spiro atoms. The highest BCUT2D eigenvalue weighted by atomic mass is 35.5. The number of anilines is 1. The van der Waals surface area contributed by atoms with E-state index in [9.17, 15) is 28.1 Å². The first-order chi connectivity index (χ1) is 21.0. The summed E-state index contributed by atoms with van der Waals surface area (Å²) in [5.74, 6) is -1.23. The highest BCUT2D eigenvalue weighted by Crippen LogP contribution is 2.29. The van der Waals surface area contributed by atoms with Crippen LogP contribution in [-0.4, -0.2) is 49.7 Å². The third-order valence-corrected chi connectivity index (χ3v) is 9.19. The molecule has 0 unspecified atom stereocenters. The van der Waals surface area contributed by atoms with E-state index in [0.717, 1.165) is 15.9 Å². The Morgan fingerprint density at radius 3 is 2.18 bits per heavy atom. The number of hydrogen-bond acceptors (Lipinski definition) is 6. The molecule has 0 aliphatic carbocycles. The third-order valence-electron chi connectivity index (χ3n) is 6.81. The molecule has 1 N–H and O–H groups in total. The summed E-state index contributed by atoms with van der Waals surface area (Å²) in [6.45, 7) is -0.931. The number of nitrogens with zero attached hydrogens (tertiary/aromatic N) is 3. The van der Waals surface area contributed by atoms with E-state index in [-0.39, 0.29) is 34.3 Å². The fourth-order valence-electron chi connectivity index (χ4n) is 4.56. The van der Waals surface area contributed by atoms with Crippen LogP contribution in [0.1, 0.15) is 11.1 Å². The number of likely N-dealkylation sites (N-methyl/N-ethyl adjacent to an activating group) is 1. The zero-order valence-electron chi connectivity index (χ0n) is 23.5. The molecule has 0 aliphatic heterocycles. The Kier molecular flexibility index (Phi) is 10.6. The highest BCUT2D eigenvalue weighted by molar-refractivity contribution is 7.92. The van der Waals surface area contributed by atoms with Gasteiger partial charge in [0.25, 0.3) is 15.7 Å². The van der Waals surface area contributed by atoms with E-state index < -0.39 is 39.3 Å². The minimum absolute atomic E-state index is 0.0968. The van der Waals surface area contributed by atoms with Crippen molar-refractivity contribution in [3.63, 3.8) is 0 Å². The highest BCUT2D eigenvalue weighted by Gasteiger charge is 2.35. The van der Waals surface area contributed by atoms with Gasteiger partial charge < -0.3 is 10.2 Å². The zero-order chi connectivity index (χ0) is 31.9. The van der Waals surface area contributed by atoms with Crippen LogP contribution in [0.4, 0.5) is 11.4 Å². The summed E-state index contributed by atoms with van der Waals surface area (Å²) in [6.07, 6.45) is 0.111. The van der Waals surface area contributed by atoms with E-state index in [1.54, 1.807) is 30.3 Å². The number of rotatable bonds is 12. The van der Waals surface area contributed by atoms with Crippen LogP contribution in [0.15, 0.2) is 108 Å². The lowest BCUT2D eigenvalue weighted by Gasteiger charge is -2.33. The van der Waals surface area contributed by atoms with Crippen LogP contribution in [-0.2, 0) is 32.6 Å². The summed E-state index contributed by atoms with van der Waals surface area (Å²) in [6, 6.07) is 25.1. The summed E-state index contributed by atoms with van der Waals surface area (Å²) in [5.41, 5.74) is 0.772. The van der Waals surface area contributed by atoms with Gasteiger partial charge in [0, 0.05) is 42.2 Å². The topological polar surface area (TPSA) is 130 Å². The quantitative estimate of drug-likeness (QED) is 0.159. The van der Waals surface area contributed by atoms with E-state index in [0.29, 0.717) is 10.6 Å². The first-order valence-electron chi connectivity index (χ1n) is 13.3. The summed E-state index contributed by atoms with van der Waals surface area (Å²) in [7, 11) is -2.97. The predicted molar refractivity (Wildman–Crippen MR) is 169 cm³/mol. The van der Waals surface area contributed by atoms with Gasteiger partial charge in [-0.3, -0.25) is 24.0 Å². The minimum atomic E-state index is -4.40. The monoisotopic (exact) mass is 654 g/mol. The van der Waals surface area contributed by atoms with Gasteiger partial charge in [0.05, 0.1) is 15.5 Å². The predicted octanol–water partition coefficient (Wildman–Crippen LogP) is 5.48. The molecule has 0 aromatic heterocycles. The van der Waals surface area contributed by atoms with E-state index in [1.807, 2.05) is 18.2 Å². The van der Waals surface area contributed by atoms with Gasteiger partial charge in [-0.15, -0.1) is 0 Å². The third kappa shape index (κ3) is 7.73. The number of sulfonamides is 1. The maximum Gasteiger partial charge on any atom is 0.271 e. The van der Waals surface area contributed by atoms with E-state index >= 15 is 0 Å². The molecule has 0 radical (unpaired) electrons. The normalized spacial score (nSPS) is 11.8. The van der Waals surface area contributed by atoms with Gasteiger partial charge >= 0.3 is 0 Å². The zero-order valence-corrected chi connectivity index (χ0v) is 25.8. The molecule has 44 heavy (non-hydrogen) atoms. The van der Waals surface area contributed by atoms with Crippen molar-refractivity contribution in [2.45, 2.75) is 23.9 Å². The summed E-state index contributed by atoms with van der Waals surface area (Å²) in [4.78, 5) is 39.6. The molecule has 0 saturated heterocycles. The maximum atomic E-state index is 14.3. The molecule has 1 atom stereocenters. The Morgan fingerprint density at radius 1 is 0.909 bits per heavy atom. The Hall–Kier alpha value is -4.45. The number of nitrogens with one attached hydrogen (secondary N) is 1. The maximum absolute atomic E-state index is 14.3. The first kappa shape index (κ1) is 32.5. The number of amides is 2. The van der Waals surface area contributed by atoms with Gasteiger partial charge in [0.1, 0.15) is 12.6 Å². The second-order valence-corrected chi connectivity index (χ2v) is 12.4. The molecule has 0 saturated carbocycles. The first-order valence-corrected chi connectivity index (χ1v) is 15.5. The van der Waals surface area contributed by atoms with Crippen molar-refractivity contribution in [1.82, 2.24) is 10.2 Å². The molecule has 0 aliphatic rings. The average Bonchev–Trinajstić information content (AvgIpc) is 3.02. The number of carbonyl (C=O) groups is 2. The number of nitro benzene ring substituents is 1. The smallest absolute Gasteiger partial charge is 0.271 e. The molecule has 4 rings (SSSR count). The molecule has 0 bridgehead atoms. The van der Waals surface area contributed by atoms with Crippen LogP contribution in [0.25, 0.3) is 0 Å². The second-order valence-electron chi connectivity index (χ2n) is 9.68. The van der Waals surface area contributed by atoms with Crippen molar-refractivity contribution >= 4 is 56.4 Å². The molecule has 228 valence electrons. The van der Waals surface area contributed by atoms with Crippen molar-refractivity contribution in [3.05, 3.63) is 134 Å². The van der Waals surface area contributed by atoms with Crippen LogP contribution in [0.5, 0.6) is 0 Å². The van der Waals surface area contributed by atoms with Gasteiger partial charge in [0.15, 0.2) is 0 Å². The average molecular weight is 656 g/mol. The van der Waals surface area contributed by atoms with Gasteiger partial charge in [-0.2, -0.15) is 0 Å². The summed E-state index contributed by atoms with van der Waals surface area (Å²) in [5, 5.41) is 14.8. The molecule has 4 aromatic rings. The number of non-ortho nitro benzene ring substituents is 1. The van der Waals surface area contributed by atoms with Crippen LogP contribution in [0, 0.1) is 10.1 Å².